The SMILES string of the molecule is ClCC(Cl)[Si](Cl)(Cl)Cl. The average Bonchev–Trinajstić information content (AvgIpc) is 1.62. The van der Waals surface area contributed by atoms with E-state index in [0.29, 0.717) is 0 Å². The van der Waals surface area contributed by atoms with E-state index in [4.69, 9.17) is 56.4 Å². The third-order valence-corrected chi connectivity index (χ3v) is 6.64. The van der Waals surface area contributed by atoms with Crippen LogP contribution in [0.15, 0.2) is 0 Å². The van der Waals surface area contributed by atoms with Gasteiger partial charge in [-0.15, -0.1) is 56.4 Å². The molecule has 0 aromatic rings. The van der Waals surface area contributed by atoms with Gasteiger partial charge < -0.3 is 0 Å². The molecule has 6 heteroatoms. The van der Waals surface area contributed by atoms with Crippen LogP contribution in [0.2, 0.25) is 0 Å². The van der Waals surface area contributed by atoms with Crippen LogP contribution >= 0.6 is 56.4 Å². The molecule has 0 bridgehead atoms. The number of alkyl halides is 2. The molecule has 0 aromatic carbocycles. The first-order valence-electron chi connectivity index (χ1n) is 1.75. The van der Waals surface area contributed by atoms with Crippen molar-refractivity contribution in [3.63, 3.8) is 0 Å². The van der Waals surface area contributed by atoms with Crippen LogP contribution in [0.5, 0.6) is 0 Å². The maximum Gasteiger partial charge on any atom is 0.359 e. The molecular formula is C2H3Cl5Si. The second-order valence-corrected chi connectivity index (χ2v) is 11.3. The molecule has 0 rings (SSSR count). The standard InChI is InChI=1S/C2H3Cl5Si/c3-1-2(4)8(5,6)7/h2H,1H2. The van der Waals surface area contributed by atoms with Gasteiger partial charge in [0.15, 0.2) is 0 Å². The van der Waals surface area contributed by atoms with E-state index in [1.807, 2.05) is 0 Å². The van der Waals surface area contributed by atoms with E-state index in [1.54, 1.807) is 0 Å². The molecule has 0 nitrogen and oxygen atoms in total. The summed E-state index contributed by atoms with van der Waals surface area (Å²) in [6, 6.07) is -2.71. The largest absolute Gasteiger partial charge is 0.359 e. The Morgan fingerprint density at radius 1 is 1.25 bits per heavy atom. The van der Waals surface area contributed by atoms with Crippen molar-refractivity contribution in [3.05, 3.63) is 0 Å². The molecule has 0 aliphatic rings. The molecule has 1 unspecified atom stereocenters. The van der Waals surface area contributed by atoms with Crippen LogP contribution in [0.3, 0.4) is 0 Å². The van der Waals surface area contributed by atoms with Crippen molar-refractivity contribution in [1.29, 1.82) is 0 Å². The summed E-state index contributed by atoms with van der Waals surface area (Å²) < 4.78 is 0. The molecule has 0 aliphatic carbocycles. The Bertz CT molecular complexity index is 67.3. The summed E-state index contributed by atoms with van der Waals surface area (Å²) in [7, 11) is 0. The fraction of sp³-hybridized carbons (Fsp3) is 1.00. The second kappa shape index (κ2) is 3.74. The molecule has 0 heterocycles. The highest BCUT2D eigenvalue weighted by molar-refractivity contribution is 7.66. The van der Waals surface area contributed by atoms with E-state index >= 15 is 0 Å². The summed E-state index contributed by atoms with van der Waals surface area (Å²) in [4.78, 5) is 0. The van der Waals surface area contributed by atoms with E-state index in [0.717, 1.165) is 0 Å². The highest BCUT2D eigenvalue weighted by Gasteiger charge is 2.34. The lowest BCUT2D eigenvalue weighted by molar-refractivity contribution is 1.37. The Kier molecular flexibility index (Phi) is 4.52. The Labute approximate surface area is 73.1 Å². The lowest BCUT2D eigenvalue weighted by Gasteiger charge is -2.10. The van der Waals surface area contributed by atoms with Gasteiger partial charge in [0.2, 0.25) is 0 Å². The molecule has 50 valence electrons. The lowest BCUT2D eigenvalue weighted by atomic mass is 10.9. The first-order valence-corrected chi connectivity index (χ1v) is 7.83. The Hall–Kier alpha value is 1.67. The van der Waals surface area contributed by atoms with Crippen molar-refractivity contribution in [2.24, 2.45) is 0 Å². The molecule has 8 heavy (non-hydrogen) atoms. The van der Waals surface area contributed by atoms with Crippen molar-refractivity contribution >= 4 is 62.4 Å². The minimum absolute atomic E-state index is 0.199. The molecule has 0 radical (unpaired) electrons. The van der Waals surface area contributed by atoms with Gasteiger partial charge in [-0.3, -0.25) is 0 Å². The average molecular weight is 232 g/mol. The summed E-state index contributed by atoms with van der Waals surface area (Å²) in [5.41, 5.74) is 0. The van der Waals surface area contributed by atoms with E-state index in [1.165, 1.54) is 0 Å². The molecule has 0 fully saturated rings. The normalized spacial score (nSPS) is 16.1. The van der Waals surface area contributed by atoms with E-state index < -0.39 is 11.0 Å². The number of halogens is 5. The third-order valence-electron chi connectivity index (χ3n) is 0.491. The predicted octanol–water partition coefficient (Wildman–Crippen LogP) is 3.03. The zero-order chi connectivity index (χ0) is 6.78. The minimum Gasteiger partial charge on any atom is -0.125 e. The fourth-order valence-corrected chi connectivity index (χ4v) is 2.36. The van der Waals surface area contributed by atoms with Gasteiger partial charge in [-0.25, -0.2) is 0 Å². The molecule has 0 aliphatic heterocycles. The lowest BCUT2D eigenvalue weighted by Crippen LogP contribution is -2.27. The molecule has 0 saturated carbocycles. The second-order valence-electron chi connectivity index (χ2n) is 1.16. The van der Waals surface area contributed by atoms with Gasteiger partial charge in [-0.05, 0) is 0 Å². The van der Waals surface area contributed by atoms with Crippen LogP contribution in [0, 0.1) is 0 Å². The predicted molar refractivity (Wildman–Crippen MR) is 43.7 cm³/mol. The molecule has 0 saturated heterocycles. The van der Waals surface area contributed by atoms with Crippen LogP contribution in [0.1, 0.15) is 0 Å². The van der Waals surface area contributed by atoms with Crippen LogP contribution in [0.25, 0.3) is 0 Å². The van der Waals surface area contributed by atoms with E-state index in [9.17, 15) is 0 Å². The molecule has 0 N–H and O–H groups in total. The molecule has 0 spiro atoms. The number of rotatable bonds is 2. The zero-order valence-electron chi connectivity index (χ0n) is 3.67. The van der Waals surface area contributed by atoms with Gasteiger partial charge in [-0.2, -0.15) is 0 Å². The summed E-state index contributed by atoms with van der Waals surface area (Å²) in [5.74, 6) is 0.199. The molecule has 0 aromatic heterocycles. The minimum atomic E-state index is -2.71. The summed E-state index contributed by atoms with van der Waals surface area (Å²) in [6.45, 7) is 0. The van der Waals surface area contributed by atoms with Gasteiger partial charge in [0, 0.05) is 5.88 Å². The molecular weight excluding hydrogens is 229 g/mol. The van der Waals surface area contributed by atoms with Crippen molar-refractivity contribution < 1.29 is 0 Å². The van der Waals surface area contributed by atoms with Crippen molar-refractivity contribution in [1.82, 2.24) is 0 Å². The Morgan fingerprint density at radius 2 is 1.62 bits per heavy atom. The smallest absolute Gasteiger partial charge is 0.125 e. The first kappa shape index (κ1) is 9.67. The van der Waals surface area contributed by atoms with Gasteiger partial charge in [-0.1, -0.05) is 0 Å². The molecule has 0 amide bonds. The van der Waals surface area contributed by atoms with Crippen LogP contribution < -0.4 is 0 Å². The summed E-state index contributed by atoms with van der Waals surface area (Å²) >= 11 is 27.1. The van der Waals surface area contributed by atoms with Crippen LogP contribution in [0.4, 0.5) is 0 Å². The van der Waals surface area contributed by atoms with Crippen molar-refractivity contribution in [2.45, 2.75) is 5.00 Å². The quantitative estimate of drug-likeness (QED) is 0.390. The number of hydrogen-bond acceptors (Lipinski definition) is 0. The zero-order valence-corrected chi connectivity index (χ0v) is 8.45. The maximum atomic E-state index is 5.48. The van der Waals surface area contributed by atoms with E-state index in [-0.39, 0.29) is 5.88 Å². The van der Waals surface area contributed by atoms with Gasteiger partial charge >= 0.3 is 6.00 Å². The summed E-state index contributed by atoms with van der Waals surface area (Å²) in [5, 5.41) is -0.478. The maximum absolute atomic E-state index is 5.48. The monoisotopic (exact) mass is 230 g/mol. The highest BCUT2D eigenvalue weighted by Crippen LogP contribution is 2.28. The van der Waals surface area contributed by atoms with Crippen LogP contribution in [-0.2, 0) is 0 Å². The number of hydrogen-bond donors (Lipinski definition) is 0. The van der Waals surface area contributed by atoms with Gasteiger partial charge in [0.05, 0.1) is 5.00 Å². The molecule has 1 atom stereocenters. The van der Waals surface area contributed by atoms with E-state index in [2.05, 4.69) is 0 Å². The fourth-order valence-electron chi connectivity index (χ4n) is 0.0875. The van der Waals surface area contributed by atoms with Gasteiger partial charge in [0.1, 0.15) is 0 Å². The van der Waals surface area contributed by atoms with Crippen molar-refractivity contribution in [3.8, 4) is 0 Å². The van der Waals surface area contributed by atoms with Crippen LogP contribution in [-0.4, -0.2) is 16.9 Å². The Morgan fingerprint density at radius 3 is 1.62 bits per heavy atom. The third kappa shape index (κ3) is 3.65. The Balaban J connectivity index is 3.62. The topological polar surface area (TPSA) is 0 Å². The van der Waals surface area contributed by atoms with Crippen molar-refractivity contribution in [2.75, 3.05) is 5.88 Å². The summed E-state index contributed by atoms with van der Waals surface area (Å²) in [6.07, 6.45) is 0. The highest BCUT2D eigenvalue weighted by atomic mass is 35.8. The first-order chi connectivity index (χ1) is 3.48. The van der Waals surface area contributed by atoms with Gasteiger partial charge in [0.25, 0.3) is 0 Å².